The van der Waals surface area contributed by atoms with Crippen molar-refractivity contribution in [3.8, 4) is 0 Å². The number of carbonyl (C=O) groups is 1. The number of rotatable bonds is 5. The molecule has 0 saturated carbocycles. The first-order valence-corrected chi connectivity index (χ1v) is 10.5. The first-order valence-electron chi connectivity index (χ1n) is 10.5. The zero-order chi connectivity index (χ0) is 19.7. The molecule has 27 heavy (non-hydrogen) atoms. The third kappa shape index (κ3) is 5.32. The summed E-state index contributed by atoms with van der Waals surface area (Å²) in [5, 5.41) is 6.66. The zero-order valence-electron chi connectivity index (χ0n) is 17.8. The second kappa shape index (κ2) is 7.92. The normalized spacial score (nSPS) is 19.7. The Morgan fingerprint density at radius 1 is 1.15 bits per heavy atom. The summed E-state index contributed by atoms with van der Waals surface area (Å²) < 4.78 is 0. The van der Waals surface area contributed by atoms with Crippen molar-refractivity contribution in [2.24, 2.45) is 5.41 Å². The molecule has 0 bridgehead atoms. The number of nitrogens with one attached hydrogen (secondary N) is 2. The van der Waals surface area contributed by atoms with E-state index in [-0.39, 0.29) is 11.4 Å². The maximum Gasteiger partial charge on any atom is 0.251 e. The molecule has 0 unspecified atom stereocenters. The third-order valence-electron chi connectivity index (χ3n) is 6.01. The lowest BCUT2D eigenvalue weighted by Gasteiger charge is -2.46. The zero-order valence-corrected chi connectivity index (χ0v) is 17.8. The van der Waals surface area contributed by atoms with Crippen LogP contribution in [0.25, 0.3) is 0 Å². The highest BCUT2D eigenvalue weighted by atomic mass is 16.1. The van der Waals surface area contributed by atoms with E-state index in [4.69, 9.17) is 0 Å². The Morgan fingerprint density at radius 2 is 1.85 bits per heavy atom. The summed E-state index contributed by atoms with van der Waals surface area (Å²) in [4.78, 5) is 14.7. The van der Waals surface area contributed by atoms with Crippen LogP contribution in [0.3, 0.4) is 0 Å². The number of likely N-dealkylation sites (tertiary alicyclic amines) is 1. The number of fused-ring (bicyclic) bond motifs is 1. The van der Waals surface area contributed by atoms with Gasteiger partial charge in [0.2, 0.25) is 0 Å². The van der Waals surface area contributed by atoms with Crippen LogP contribution in [0.4, 0.5) is 0 Å². The van der Waals surface area contributed by atoms with Crippen LogP contribution in [0.5, 0.6) is 0 Å². The molecule has 2 heterocycles. The predicted octanol–water partition coefficient (Wildman–Crippen LogP) is 3.74. The summed E-state index contributed by atoms with van der Waals surface area (Å²) in [6, 6.07) is 6.93. The number of piperidine rings is 1. The van der Waals surface area contributed by atoms with Crippen molar-refractivity contribution in [2.45, 2.75) is 78.4 Å². The van der Waals surface area contributed by atoms with E-state index in [9.17, 15) is 4.79 Å². The van der Waals surface area contributed by atoms with Gasteiger partial charge >= 0.3 is 0 Å². The minimum Gasteiger partial charge on any atom is -0.352 e. The van der Waals surface area contributed by atoms with Gasteiger partial charge in [-0.1, -0.05) is 32.9 Å². The Labute approximate surface area is 165 Å². The van der Waals surface area contributed by atoms with Gasteiger partial charge in [0.25, 0.3) is 5.91 Å². The van der Waals surface area contributed by atoms with Crippen molar-refractivity contribution >= 4 is 5.91 Å². The molecular weight excluding hydrogens is 334 g/mol. The van der Waals surface area contributed by atoms with Crippen LogP contribution in [0.2, 0.25) is 0 Å². The fraction of sp³-hybridized carbons (Fsp3) is 0.696. The van der Waals surface area contributed by atoms with Gasteiger partial charge in [-0.15, -0.1) is 0 Å². The Balaban J connectivity index is 1.50. The second-order valence-corrected chi connectivity index (χ2v) is 10.2. The SMILES string of the molecule is CC(C)(C)CC(C)(C)N1CCC(NCc2ccc3c(c2)C(=O)NCC3)CC1. The molecule has 0 spiro atoms. The van der Waals surface area contributed by atoms with Gasteiger partial charge in [0.05, 0.1) is 0 Å². The molecule has 1 fully saturated rings. The summed E-state index contributed by atoms with van der Waals surface area (Å²) in [5.41, 5.74) is 3.87. The van der Waals surface area contributed by atoms with Gasteiger partial charge in [-0.3, -0.25) is 9.69 Å². The molecule has 1 aromatic carbocycles. The van der Waals surface area contributed by atoms with Crippen molar-refractivity contribution in [3.05, 3.63) is 34.9 Å². The molecular formula is C23H37N3O. The highest BCUT2D eigenvalue weighted by Crippen LogP contribution is 2.33. The molecule has 2 N–H and O–H groups in total. The maximum absolute atomic E-state index is 12.0. The number of hydrogen-bond donors (Lipinski definition) is 2. The Kier molecular flexibility index (Phi) is 5.97. The monoisotopic (exact) mass is 371 g/mol. The van der Waals surface area contributed by atoms with Crippen LogP contribution in [-0.4, -0.2) is 42.0 Å². The van der Waals surface area contributed by atoms with Crippen LogP contribution in [0.15, 0.2) is 18.2 Å². The van der Waals surface area contributed by atoms with Gasteiger partial charge in [-0.25, -0.2) is 0 Å². The Hall–Kier alpha value is -1.39. The lowest BCUT2D eigenvalue weighted by molar-refractivity contribution is 0.0504. The topological polar surface area (TPSA) is 44.4 Å². The van der Waals surface area contributed by atoms with Crippen LogP contribution >= 0.6 is 0 Å². The lowest BCUT2D eigenvalue weighted by Crippen LogP contribution is -2.52. The van der Waals surface area contributed by atoms with Crippen LogP contribution in [0, 0.1) is 5.41 Å². The van der Waals surface area contributed by atoms with Crippen molar-refractivity contribution in [3.63, 3.8) is 0 Å². The Morgan fingerprint density at radius 3 is 2.52 bits per heavy atom. The van der Waals surface area contributed by atoms with E-state index in [1.807, 2.05) is 0 Å². The molecule has 4 heteroatoms. The van der Waals surface area contributed by atoms with Gasteiger partial charge in [0.15, 0.2) is 0 Å². The van der Waals surface area contributed by atoms with Crippen molar-refractivity contribution < 1.29 is 4.79 Å². The molecule has 150 valence electrons. The van der Waals surface area contributed by atoms with Crippen LogP contribution in [-0.2, 0) is 13.0 Å². The number of nitrogens with zero attached hydrogens (tertiary/aromatic N) is 1. The van der Waals surface area contributed by atoms with Crippen molar-refractivity contribution in [1.29, 1.82) is 0 Å². The largest absolute Gasteiger partial charge is 0.352 e. The molecule has 0 atom stereocenters. The first kappa shape index (κ1) is 20.3. The lowest BCUT2D eigenvalue weighted by atomic mass is 9.80. The molecule has 1 amide bonds. The van der Waals surface area contributed by atoms with E-state index in [1.165, 1.54) is 30.4 Å². The van der Waals surface area contributed by atoms with Gasteiger partial charge in [0, 0.05) is 43.3 Å². The fourth-order valence-electron chi connectivity index (χ4n) is 4.93. The highest BCUT2D eigenvalue weighted by Gasteiger charge is 2.33. The van der Waals surface area contributed by atoms with Gasteiger partial charge in [-0.05, 0) is 62.1 Å². The third-order valence-corrected chi connectivity index (χ3v) is 6.01. The minimum atomic E-state index is 0.0764. The minimum absolute atomic E-state index is 0.0764. The molecule has 3 rings (SSSR count). The summed E-state index contributed by atoms with van der Waals surface area (Å²) in [6.45, 7) is 15.7. The van der Waals surface area contributed by atoms with E-state index in [2.05, 4.69) is 68.4 Å². The van der Waals surface area contributed by atoms with Crippen LogP contribution < -0.4 is 10.6 Å². The summed E-state index contributed by atoms with van der Waals surface area (Å²) in [5.74, 6) is 0.0764. The number of benzene rings is 1. The quantitative estimate of drug-likeness (QED) is 0.829. The molecule has 2 aliphatic rings. The van der Waals surface area contributed by atoms with E-state index < -0.39 is 0 Å². The molecule has 0 radical (unpaired) electrons. The molecule has 4 nitrogen and oxygen atoms in total. The van der Waals surface area contributed by atoms with Gasteiger partial charge < -0.3 is 10.6 Å². The molecule has 0 aromatic heterocycles. The molecule has 0 aliphatic carbocycles. The van der Waals surface area contributed by atoms with E-state index in [1.54, 1.807) is 0 Å². The summed E-state index contributed by atoms with van der Waals surface area (Å²) >= 11 is 0. The van der Waals surface area contributed by atoms with Crippen molar-refractivity contribution in [1.82, 2.24) is 15.5 Å². The smallest absolute Gasteiger partial charge is 0.251 e. The van der Waals surface area contributed by atoms with Crippen LogP contribution in [0.1, 0.15) is 75.4 Å². The maximum atomic E-state index is 12.0. The molecule has 1 saturated heterocycles. The van der Waals surface area contributed by atoms with E-state index in [0.29, 0.717) is 11.5 Å². The molecule has 1 aromatic rings. The first-order chi connectivity index (χ1) is 12.6. The second-order valence-electron chi connectivity index (χ2n) is 10.2. The van der Waals surface area contributed by atoms with E-state index in [0.717, 1.165) is 38.2 Å². The number of hydrogen-bond acceptors (Lipinski definition) is 3. The van der Waals surface area contributed by atoms with Gasteiger partial charge in [-0.2, -0.15) is 0 Å². The molecule has 2 aliphatic heterocycles. The number of carbonyl (C=O) groups excluding carboxylic acids is 1. The van der Waals surface area contributed by atoms with Gasteiger partial charge in [0.1, 0.15) is 0 Å². The highest BCUT2D eigenvalue weighted by molar-refractivity contribution is 5.96. The summed E-state index contributed by atoms with van der Waals surface area (Å²) in [7, 11) is 0. The predicted molar refractivity (Wildman–Crippen MR) is 112 cm³/mol. The van der Waals surface area contributed by atoms with E-state index >= 15 is 0 Å². The number of amides is 1. The average molecular weight is 372 g/mol. The Bertz CT molecular complexity index is 667. The fourth-order valence-corrected chi connectivity index (χ4v) is 4.93. The average Bonchev–Trinajstić information content (AvgIpc) is 2.59. The standard InChI is InChI=1S/C23H37N3O/c1-22(2,3)16-23(4,5)26-12-9-19(10-13-26)25-15-17-6-7-18-8-11-24-21(27)20(18)14-17/h6-7,14,19,25H,8-13,15-16H2,1-5H3,(H,24,27). The van der Waals surface area contributed by atoms with Crippen molar-refractivity contribution in [2.75, 3.05) is 19.6 Å². The summed E-state index contributed by atoms with van der Waals surface area (Å²) in [6.07, 6.45) is 4.55.